The molecule has 0 aromatic carbocycles. The number of carbonyl (C=O) groups is 1. The van der Waals surface area contributed by atoms with E-state index in [1.165, 1.54) is 32.1 Å². The maximum absolute atomic E-state index is 11.4. The van der Waals surface area contributed by atoms with Gasteiger partial charge >= 0.3 is 10.4 Å². The summed E-state index contributed by atoms with van der Waals surface area (Å²) in [5.74, 6) is 0.405. The largest absolute Gasteiger partial charge is 0.394 e. The molecule has 2 rings (SSSR count). The summed E-state index contributed by atoms with van der Waals surface area (Å²) in [7, 11) is -4.67. The predicted molar refractivity (Wildman–Crippen MR) is 62.0 cm³/mol. The Morgan fingerprint density at radius 2 is 1.59 bits per heavy atom. The van der Waals surface area contributed by atoms with Crippen molar-refractivity contribution >= 4 is 16.3 Å². The van der Waals surface area contributed by atoms with Gasteiger partial charge in [-0.3, -0.25) is 13.9 Å². The molecule has 0 aromatic heterocycles. The second-order valence-electron chi connectivity index (χ2n) is 4.43. The van der Waals surface area contributed by atoms with Crippen molar-refractivity contribution in [2.24, 2.45) is 0 Å². The van der Waals surface area contributed by atoms with Crippen LogP contribution in [0.2, 0.25) is 0 Å². The Morgan fingerprint density at radius 3 is 2.00 bits per heavy atom. The van der Waals surface area contributed by atoms with Gasteiger partial charge in [-0.25, -0.2) is 0 Å². The average molecular weight is 265 g/mol. The summed E-state index contributed by atoms with van der Waals surface area (Å²) >= 11 is 0. The van der Waals surface area contributed by atoms with Crippen LogP contribution in [-0.2, 0) is 15.2 Å². The summed E-state index contributed by atoms with van der Waals surface area (Å²) in [6, 6.07) is 0.605. The molecule has 0 unspecified atom stereocenters. The van der Waals surface area contributed by atoms with Gasteiger partial charge in [0.2, 0.25) is 5.91 Å². The van der Waals surface area contributed by atoms with Crippen molar-refractivity contribution in [1.82, 2.24) is 4.90 Å². The van der Waals surface area contributed by atoms with Crippen molar-refractivity contribution < 1.29 is 22.3 Å². The van der Waals surface area contributed by atoms with E-state index < -0.39 is 10.4 Å². The van der Waals surface area contributed by atoms with Gasteiger partial charge in [-0.05, 0) is 19.3 Å². The molecule has 0 aromatic rings. The van der Waals surface area contributed by atoms with Crippen LogP contribution in [0, 0.1) is 0 Å². The molecule has 0 spiro atoms. The van der Waals surface area contributed by atoms with E-state index in [9.17, 15) is 4.79 Å². The first kappa shape index (κ1) is 14.4. The Balaban J connectivity index is 0.000000249. The van der Waals surface area contributed by atoms with Crippen LogP contribution in [0.1, 0.15) is 44.9 Å². The van der Waals surface area contributed by atoms with Crippen molar-refractivity contribution in [2.75, 3.05) is 6.54 Å². The van der Waals surface area contributed by atoms with Gasteiger partial charge in [0.15, 0.2) is 0 Å². The maximum Gasteiger partial charge on any atom is 0.394 e. The lowest BCUT2D eigenvalue weighted by Crippen LogP contribution is -2.37. The van der Waals surface area contributed by atoms with Gasteiger partial charge in [0.25, 0.3) is 0 Å². The van der Waals surface area contributed by atoms with Gasteiger partial charge in [0.05, 0.1) is 0 Å². The van der Waals surface area contributed by atoms with Gasteiger partial charge in [-0.1, -0.05) is 19.3 Å². The Labute approximate surface area is 102 Å². The summed E-state index contributed by atoms with van der Waals surface area (Å²) in [6.07, 6.45) is 8.44. The van der Waals surface area contributed by atoms with Crippen LogP contribution in [0.4, 0.5) is 0 Å². The monoisotopic (exact) mass is 265 g/mol. The first-order valence-electron chi connectivity index (χ1n) is 5.87. The highest BCUT2D eigenvalue weighted by atomic mass is 32.3. The van der Waals surface area contributed by atoms with Crippen molar-refractivity contribution in [3.05, 3.63) is 0 Å². The van der Waals surface area contributed by atoms with E-state index >= 15 is 0 Å². The van der Waals surface area contributed by atoms with E-state index in [1.807, 2.05) is 0 Å². The molecular weight excluding hydrogens is 246 g/mol. The first-order valence-corrected chi connectivity index (χ1v) is 7.27. The van der Waals surface area contributed by atoms with Crippen LogP contribution in [-0.4, -0.2) is 40.9 Å². The molecule has 1 amide bonds. The van der Waals surface area contributed by atoms with Crippen molar-refractivity contribution in [3.63, 3.8) is 0 Å². The van der Waals surface area contributed by atoms with Crippen LogP contribution in [0.5, 0.6) is 0 Å². The standard InChI is InChI=1S/C10H17NO.H2O4S/c12-10-7-4-8-11(10)9-5-2-1-3-6-9;1-5(2,3)4/h9H,1-8H2;(H2,1,2,3,4). The third-order valence-corrected chi connectivity index (χ3v) is 3.13. The number of hydrogen-bond donors (Lipinski definition) is 2. The number of nitrogens with zero attached hydrogens (tertiary/aromatic N) is 1. The van der Waals surface area contributed by atoms with Crippen LogP contribution in [0.25, 0.3) is 0 Å². The molecule has 1 heterocycles. The van der Waals surface area contributed by atoms with E-state index in [0.717, 1.165) is 19.4 Å². The Hall–Kier alpha value is -0.660. The van der Waals surface area contributed by atoms with Crippen LogP contribution < -0.4 is 0 Å². The highest BCUT2D eigenvalue weighted by Gasteiger charge is 2.28. The first-order chi connectivity index (χ1) is 7.88. The van der Waals surface area contributed by atoms with E-state index in [0.29, 0.717) is 11.9 Å². The van der Waals surface area contributed by atoms with E-state index in [4.69, 9.17) is 17.5 Å². The second-order valence-corrected chi connectivity index (χ2v) is 5.33. The summed E-state index contributed by atoms with van der Waals surface area (Å²) in [5, 5.41) is 0. The molecule has 6 nitrogen and oxygen atoms in total. The lowest BCUT2D eigenvalue weighted by Gasteiger charge is -2.30. The quantitative estimate of drug-likeness (QED) is 0.696. The molecule has 1 saturated carbocycles. The molecule has 1 aliphatic heterocycles. The zero-order chi connectivity index (χ0) is 12.9. The molecule has 0 atom stereocenters. The summed E-state index contributed by atoms with van der Waals surface area (Å²) in [6.45, 7) is 1.03. The number of hydrogen-bond acceptors (Lipinski definition) is 3. The molecular formula is C10H19NO5S. The zero-order valence-corrected chi connectivity index (χ0v) is 10.5. The van der Waals surface area contributed by atoms with Crippen LogP contribution in [0.3, 0.4) is 0 Å². The maximum atomic E-state index is 11.4. The summed E-state index contributed by atoms with van der Waals surface area (Å²) in [5.41, 5.74) is 0. The minimum absolute atomic E-state index is 0.405. The second kappa shape index (κ2) is 6.32. The highest BCUT2D eigenvalue weighted by molar-refractivity contribution is 7.79. The normalized spacial score (nSPS) is 22.2. The topological polar surface area (TPSA) is 94.9 Å². The van der Waals surface area contributed by atoms with Gasteiger partial charge in [0.1, 0.15) is 0 Å². The molecule has 2 fully saturated rings. The van der Waals surface area contributed by atoms with Crippen molar-refractivity contribution in [1.29, 1.82) is 0 Å². The zero-order valence-electron chi connectivity index (χ0n) is 9.71. The fourth-order valence-corrected chi connectivity index (χ4v) is 2.45. The number of carbonyl (C=O) groups excluding carboxylic acids is 1. The van der Waals surface area contributed by atoms with Crippen LogP contribution >= 0.6 is 0 Å². The molecule has 2 aliphatic rings. The third-order valence-electron chi connectivity index (χ3n) is 3.13. The molecule has 0 bridgehead atoms. The van der Waals surface area contributed by atoms with E-state index in [1.54, 1.807) is 0 Å². The summed E-state index contributed by atoms with van der Waals surface area (Å²) in [4.78, 5) is 13.5. The lowest BCUT2D eigenvalue weighted by atomic mass is 9.94. The molecule has 1 aliphatic carbocycles. The third kappa shape index (κ3) is 5.99. The lowest BCUT2D eigenvalue weighted by molar-refractivity contribution is -0.130. The molecule has 7 heteroatoms. The highest BCUT2D eigenvalue weighted by Crippen LogP contribution is 2.25. The van der Waals surface area contributed by atoms with Gasteiger partial charge < -0.3 is 4.90 Å². The molecule has 1 saturated heterocycles. The van der Waals surface area contributed by atoms with Gasteiger partial charge in [-0.2, -0.15) is 8.42 Å². The van der Waals surface area contributed by atoms with Crippen molar-refractivity contribution in [2.45, 2.75) is 51.0 Å². The van der Waals surface area contributed by atoms with Gasteiger partial charge in [-0.15, -0.1) is 0 Å². The van der Waals surface area contributed by atoms with Gasteiger partial charge in [0, 0.05) is 19.0 Å². The molecule has 17 heavy (non-hydrogen) atoms. The number of amides is 1. The average Bonchev–Trinajstić information content (AvgIpc) is 2.63. The fraction of sp³-hybridized carbons (Fsp3) is 0.900. The van der Waals surface area contributed by atoms with E-state index in [-0.39, 0.29) is 0 Å². The molecule has 100 valence electrons. The van der Waals surface area contributed by atoms with Crippen molar-refractivity contribution in [3.8, 4) is 0 Å². The molecule has 2 N–H and O–H groups in total. The minimum atomic E-state index is -4.67. The smallest absolute Gasteiger partial charge is 0.340 e. The summed E-state index contributed by atoms with van der Waals surface area (Å²) < 4.78 is 31.6. The fourth-order valence-electron chi connectivity index (χ4n) is 2.45. The Bertz CT molecular complexity index is 340. The molecule has 0 radical (unpaired) electrons. The Kier molecular flexibility index (Phi) is 5.35. The van der Waals surface area contributed by atoms with Crippen LogP contribution in [0.15, 0.2) is 0 Å². The number of likely N-dealkylation sites (tertiary alicyclic amines) is 1. The minimum Gasteiger partial charge on any atom is -0.340 e. The number of rotatable bonds is 1. The van der Waals surface area contributed by atoms with E-state index in [2.05, 4.69) is 4.90 Å². The SMILES string of the molecule is O=C1CCCN1C1CCCCC1.O=S(=O)(O)O. The Morgan fingerprint density at radius 1 is 1.06 bits per heavy atom. The predicted octanol–water partition coefficient (Wildman–Crippen LogP) is 1.29.